The molecule has 1 aliphatic rings. The Labute approximate surface area is 107 Å². The van der Waals surface area contributed by atoms with Gasteiger partial charge in [0.2, 0.25) is 0 Å². The normalized spacial score (nSPS) is 21.1. The fourth-order valence-electron chi connectivity index (χ4n) is 2.17. The Morgan fingerprint density at radius 2 is 2.11 bits per heavy atom. The van der Waals surface area contributed by atoms with Gasteiger partial charge in [-0.1, -0.05) is 30.3 Å². The van der Waals surface area contributed by atoms with Gasteiger partial charge in [0.1, 0.15) is 6.61 Å². The maximum absolute atomic E-state index is 11.4. The summed E-state index contributed by atoms with van der Waals surface area (Å²) in [7, 11) is 1.38. The number of carbonyl (C=O) groups excluding carboxylic acids is 1. The molecule has 0 spiro atoms. The molecule has 0 N–H and O–H groups in total. The van der Waals surface area contributed by atoms with Crippen molar-refractivity contribution in [2.75, 3.05) is 13.7 Å². The molecule has 0 aromatic heterocycles. The Morgan fingerprint density at radius 1 is 1.39 bits per heavy atom. The molecule has 3 heteroatoms. The molecule has 1 unspecified atom stereocenters. The van der Waals surface area contributed by atoms with E-state index in [9.17, 15) is 4.79 Å². The Kier molecular flexibility index (Phi) is 3.82. The lowest BCUT2D eigenvalue weighted by molar-refractivity contribution is -0.134. The van der Waals surface area contributed by atoms with Crippen molar-refractivity contribution in [1.82, 2.24) is 0 Å². The van der Waals surface area contributed by atoms with Crippen LogP contribution in [-0.4, -0.2) is 19.7 Å². The van der Waals surface area contributed by atoms with E-state index in [0.717, 1.165) is 16.7 Å². The third-order valence-electron chi connectivity index (χ3n) is 2.98. The minimum Gasteiger partial charge on any atom is -0.497 e. The van der Waals surface area contributed by atoms with Crippen LogP contribution in [-0.2, 0) is 14.3 Å². The number of allylic oxidation sites excluding steroid dienone is 1. The van der Waals surface area contributed by atoms with Crippen molar-refractivity contribution in [3.8, 4) is 0 Å². The summed E-state index contributed by atoms with van der Waals surface area (Å²) in [6.45, 7) is 2.42. The standard InChI is InChI=1S/C15H16O3/c1-11-9-18-10-13(8-14(16)17-2)15(11)12-6-4-3-5-7-12/h3-9,15H,10H2,1-2H3/b13-8+. The van der Waals surface area contributed by atoms with Gasteiger partial charge in [-0.3, -0.25) is 0 Å². The van der Waals surface area contributed by atoms with Crippen LogP contribution in [0.1, 0.15) is 18.4 Å². The van der Waals surface area contributed by atoms with E-state index < -0.39 is 0 Å². The molecular weight excluding hydrogens is 228 g/mol. The van der Waals surface area contributed by atoms with Crippen LogP contribution in [0.15, 0.2) is 53.8 Å². The number of carbonyl (C=O) groups is 1. The second-order valence-corrected chi connectivity index (χ2v) is 4.26. The largest absolute Gasteiger partial charge is 0.497 e. The lowest BCUT2D eigenvalue weighted by Crippen LogP contribution is -2.15. The van der Waals surface area contributed by atoms with Crippen molar-refractivity contribution in [1.29, 1.82) is 0 Å². The van der Waals surface area contributed by atoms with Crippen LogP contribution < -0.4 is 0 Å². The molecule has 3 nitrogen and oxygen atoms in total. The first kappa shape index (κ1) is 12.4. The zero-order valence-electron chi connectivity index (χ0n) is 10.6. The lowest BCUT2D eigenvalue weighted by Gasteiger charge is -2.25. The topological polar surface area (TPSA) is 35.5 Å². The third kappa shape index (κ3) is 2.62. The number of hydrogen-bond acceptors (Lipinski definition) is 3. The smallest absolute Gasteiger partial charge is 0.330 e. The molecule has 1 aliphatic heterocycles. The first-order chi connectivity index (χ1) is 8.72. The van der Waals surface area contributed by atoms with Crippen molar-refractivity contribution < 1.29 is 14.3 Å². The molecule has 0 amide bonds. The van der Waals surface area contributed by atoms with Gasteiger partial charge in [0, 0.05) is 12.0 Å². The molecule has 0 aliphatic carbocycles. The molecule has 18 heavy (non-hydrogen) atoms. The average Bonchev–Trinajstić information content (AvgIpc) is 2.40. The number of methoxy groups -OCH3 is 1. The van der Waals surface area contributed by atoms with Crippen LogP contribution in [0.2, 0.25) is 0 Å². The van der Waals surface area contributed by atoms with Gasteiger partial charge in [-0.15, -0.1) is 0 Å². The summed E-state index contributed by atoms with van der Waals surface area (Å²) in [6.07, 6.45) is 3.28. The van der Waals surface area contributed by atoms with Crippen molar-refractivity contribution in [3.63, 3.8) is 0 Å². The summed E-state index contributed by atoms with van der Waals surface area (Å²) in [6, 6.07) is 10.1. The summed E-state index contributed by atoms with van der Waals surface area (Å²) in [5.41, 5.74) is 3.17. The molecule has 0 saturated carbocycles. The van der Waals surface area contributed by atoms with Gasteiger partial charge >= 0.3 is 5.97 Å². The summed E-state index contributed by atoms with van der Waals surface area (Å²) in [4.78, 5) is 11.4. The van der Waals surface area contributed by atoms with Gasteiger partial charge in [0.15, 0.2) is 0 Å². The maximum Gasteiger partial charge on any atom is 0.330 e. The fraction of sp³-hybridized carbons (Fsp3) is 0.267. The van der Waals surface area contributed by atoms with E-state index in [1.54, 1.807) is 6.26 Å². The van der Waals surface area contributed by atoms with E-state index in [0.29, 0.717) is 6.61 Å². The predicted molar refractivity (Wildman–Crippen MR) is 69.0 cm³/mol. The second kappa shape index (κ2) is 5.54. The third-order valence-corrected chi connectivity index (χ3v) is 2.98. The highest BCUT2D eigenvalue weighted by Gasteiger charge is 2.23. The van der Waals surface area contributed by atoms with E-state index in [1.165, 1.54) is 13.2 Å². The SMILES string of the molecule is COC(=O)/C=C1\COC=C(C)C1c1ccccc1. The molecule has 0 bridgehead atoms. The van der Waals surface area contributed by atoms with Crippen molar-refractivity contribution >= 4 is 5.97 Å². The van der Waals surface area contributed by atoms with Crippen LogP contribution in [0, 0.1) is 0 Å². The maximum atomic E-state index is 11.4. The van der Waals surface area contributed by atoms with Crippen LogP contribution in [0.25, 0.3) is 0 Å². The number of hydrogen-bond donors (Lipinski definition) is 0. The van der Waals surface area contributed by atoms with Crippen LogP contribution in [0.3, 0.4) is 0 Å². The van der Waals surface area contributed by atoms with Crippen molar-refractivity contribution in [2.45, 2.75) is 12.8 Å². The molecule has 94 valence electrons. The van der Waals surface area contributed by atoms with E-state index in [2.05, 4.69) is 16.9 Å². The highest BCUT2D eigenvalue weighted by molar-refractivity contribution is 5.83. The van der Waals surface area contributed by atoms with Crippen LogP contribution in [0.4, 0.5) is 0 Å². The minimum atomic E-state index is -0.343. The monoisotopic (exact) mass is 244 g/mol. The molecule has 1 heterocycles. The first-order valence-corrected chi connectivity index (χ1v) is 5.84. The Balaban J connectivity index is 2.38. The first-order valence-electron chi connectivity index (χ1n) is 5.84. The Morgan fingerprint density at radius 3 is 2.78 bits per heavy atom. The van der Waals surface area contributed by atoms with Gasteiger partial charge < -0.3 is 9.47 Å². The summed E-state index contributed by atoms with van der Waals surface area (Å²) in [5, 5.41) is 0. The van der Waals surface area contributed by atoms with Gasteiger partial charge in [0.05, 0.1) is 13.4 Å². The summed E-state index contributed by atoms with van der Waals surface area (Å²) in [5.74, 6) is -0.247. The predicted octanol–water partition coefficient (Wildman–Crippen LogP) is 2.80. The quantitative estimate of drug-likeness (QED) is 0.592. The molecule has 1 aromatic carbocycles. The van der Waals surface area contributed by atoms with Crippen LogP contribution >= 0.6 is 0 Å². The van der Waals surface area contributed by atoms with E-state index >= 15 is 0 Å². The summed E-state index contributed by atoms with van der Waals surface area (Å²) < 4.78 is 10.0. The van der Waals surface area contributed by atoms with E-state index in [1.807, 2.05) is 25.1 Å². The molecule has 0 fully saturated rings. The average molecular weight is 244 g/mol. The molecule has 1 atom stereocenters. The number of benzene rings is 1. The second-order valence-electron chi connectivity index (χ2n) is 4.26. The highest BCUT2D eigenvalue weighted by Crippen LogP contribution is 2.34. The number of ether oxygens (including phenoxy) is 2. The minimum absolute atomic E-state index is 0.0963. The lowest BCUT2D eigenvalue weighted by atomic mass is 9.85. The van der Waals surface area contributed by atoms with Crippen molar-refractivity contribution in [2.24, 2.45) is 0 Å². The van der Waals surface area contributed by atoms with Crippen LogP contribution in [0.5, 0.6) is 0 Å². The number of rotatable bonds is 2. The van der Waals surface area contributed by atoms with E-state index in [-0.39, 0.29) is 11.9 Å². The highest BCUT2D eigenvalue weighted by atomic mass is 16.5. The van der Waals surface area contributed by atoms with Gasteiger partial charge in [-0.05, 0) is 23.6 Å². The van der Waals surface area contributed by atoms with Gasteiger partial charge in [-0.25, -0.2) is 4.79 Å². The van der Waals surface area contributed by atoms with Gasteiger partial charge in [-0.2, -0.15) is 0 Å². The molecular formula is C15H16O3. The molecule has 2 rings (SSSR count). The zero-order chi connectivity index (χ0) is 13.0. The Hall–Kier alpha value is -2.03. The fourth-order valence-corrected chi connectivity index (χ4v) is 2.17. The molecule has 1 aromatic rings. The molecule has 0 radical (unpaired) electrons. The van der Waals surface area contributed by atoms with Crippen molar-refractivity contribution in [3.05, 3.63) is 59.4 Å². The van der Waals surface area contributed by atoms with Gasteiger partial charge in [0.25, 0.3) is 0 Å². The Bertz CT molecular complexity index is 486. The summed E-state index contributed by atoms with van der Waals surface area (Å²) >= 11 is 0. The number of esters is 1. The zero-order valence-corrected chi connectivity index (χ0v) is 10.6. The molecule has 0 saturated heterocycles. The van der Waals surface area contributed by atoms with E-state index in [4.69, 9.17) is 4.74 Å².